The van der Waals surface area contributed by atoms with E-state index < -0.39 is 10.5 Å². The van der Waals surface area contributed by atoms with Crippen LogP contribution in [0.4, 0.5) is 0 Å². The van der Waals surface area contributed by atoms with Gasteiger partial charge in [-0.1, -0.05) is 0 Å². The van der Waals surface area contributed by atoms with Crippen molar-refractivity contribution in [2.45, 2.75) is 0 Å². The van der Waals surface area contributed by atoms with Gasteiger partial charge in [-0.15, -0.1) is 0 Å². The number of halogens is 2. The fourth-order valence-corrected chi connectivity index (χ4v) is 2.31. The van der Waals surface area contributed by atoms with Crippen molar-refractivity contribution in [1.29, 1.82) is 0 Å². The topological polar surface area (TPSA) is 52.6 Å². The molecule has 2 aromatic carbocycles. The molecule has 0 amide bonds. The van der Waals surface area contributed by atoms with E-state index >= 15 is 0 Å². The quantitative estimate of drug-likeness (QED) is 0.769. The number of hydrogen-bond donors (Lipinski definition) is 0. The van der Waals surface area contributed by atoms with Gasteiger partial charge in [-0.3, -0.25) is 9.59 Å². The third-order valence-corrected chi connectivity index (χ3v) is 3.58. The maximum atomic E-state index is 11.2. The molecule has 6 heteroatoms. The summed E-state index contributed by atoms with van der Waals surface area (Å²) in [5.74, 6) is 0.935. The molecule has 0 radical (unpaired) electrons. The molecule has 2 rings (SSSR count). The Hall–Kier alpha value is -2.04. The summed E-state index contributed by atoms with van der Waals surface area (Å²) < 4.78 is 10.6. The molecule has 0 spiro atoms. The summed E-state index contributed by atoms with van der Waals surface area (Å²) in [5.41, 5.74) is 2.06. The van der Waals surface area contributed by atoms with Crippen molar-refractivity contribution in [3.05, 3.63) is 47.5 Å². The lowest BCUT2D eigenvalue weighted by Crippen LogP contribution is -1.97. The van der Waals surface area contributed by atoms with Gasteiger partial charge in [-0.25, -0.2) is 0 Å². The second-order valence-electron chi connectivity index (χ2n) is 4.38. The van der Waals surface area contributed by atoms with Gasteiger partial charge >= 0.3 is 0 Å². The number of hydrogen-bond acceptors (Lipinski definition) is 4. The monoisotopic (exact) mass is 338 g/mol. The molecule has 22 heavy (non-hydrogen) atoms. The van der Waals surface area contributed by atoms with Gasteiger partial charge in [0.1, 0.15) is 11.5 Å². The highest BCUT2D eigenvalue weighted by molar-refractivity contribution is 6.68. The molecule has 0 unspecified atom stereocenters. The standard InChI is InChI=1S/C16H12Cl2O4/c1-21-13-7-9(15(17)19)3-5-11(13)12-6-4-10(16(18)20)8-14(12)22-2/h3-8H,1-2H3. The van der Waals surface area contributed by atoms with E-state index in [1.807, 2.05) is 0 Å². The highest BCUT2D eigenvalue weighted by Gasteiger charge is 2.15. The van der Waals surface area contributed by atoms with Crippen LogP contribution in [0.5, 0.6) is 11.5 Å². The summed E-state index contributed by atoms with van der Waals surface area (Å²) in [4.78, 5) is 22.5. The number of methoxy groups -OCH3 is 2. The molecule has 4 nitrogen and oxygen atoms in total. The maximum absolute atomic E-state index is 11.2. The van der Waals surface area contributed by atoms with E-state index in [4.69, 9.17) is 32.7 Å². The van der Waals surface area contributed by atoms with Crippen molar-refractivity contribution >= 4 is 33.7 Å². The maximum Gasteiger partial charge on any atom is 0.252 e. The molecule has 0 bridgehead atoms. The van der Waals surface area contributed by atoms with Crippen LogP contribution >= 0.6 is 23.2 Å². The van der Waals surface area contributed by atoms with Crippen LogP contribution in [0.2, 0.25) is 0 Å². The summed E-state index contributed by atoms with van der Waals surface area (Å²) in [6.07, 6.45) is 0. The van der Waals surface area contributed by atoms with Gasteiger partial charge in [0.15, 0.2) is 0 Å². The first kappa shape index (κ1) is 16.3. The zero-order chi connectivity index (χ0) is 16.3. The van der Waals surface area contributed by atoms with E-state index in [1.54, 1.807) is 36.4 Å². The summed E-state index contributed by atoms with van der Waals surface area (Å²) in [5, 5.41) is -1.14. The molecule has 0 atom stereocenters. The van der Waals surface area contributed by atoms with E-state index in [2.05, 4.69) is 0 Å². The highest BCUT2D eigenvalue weighted by Crippen LogP contribution is 2.37. The summed E-state index contributed by atoms with van der Waals surface area (Å²) in [6.45, 7) is 0. The zero-order valence-corrected chi connectivity index (χ0v) is 13.4. The van der Waals surface area contributed by atoms with Gasteiger partial charge in [-0.2, -0.15) is 0 Å². The fourth-order valence-electron chi connectivity index (χ4n) is 2.07. The molecule has 0 fully saturated rings. The van der Waals surface area contributed by atoms with E-state index in [-0.39, 0.29) is 0 Å². The second-order valence-corrected chi connectivity index (χ2v) is 5.06. The Bertz CT molecular complexity index is 677. The second kappa shape index (κ2) is 6.81. The Labute approximate surface area is 137 Å². The molecule has 0 saturated heterocycles. The Morgan fingerprint density at radius 2 is 1.14 bits per heavy atom. The minimum atomic E-state index is -0.570. The Kier molecular flexibility index (Phi) is 5.06. The number of benzene rings is 2. The average Bonchev–Trinajstić information content (AvgIpc) is 2.53. The minimum absolute atomic E-state index is 0.328. The van der Waals surface area contributed by atoms with Gasteiger partial charge < -0.3 is 9.47 Å². The van der Waals surface area contributed by atoms with Crippen molar-refractivity contribution in [2.75, 3.05) is 14.2 Å². The minimum Gasteiger partial charge on any atom is -0.496 e. The lowest BCUT2D eigenvalue weighted by atomic mass is 10.0. The number of ether oxygens (including phenoxy) is 2. The van der Waals surface area contributed by atoms with Crippen molar-refractivity contribution in [3.8, 4) is 22.6 Å². The van der Waals surface area contributed by atoms with Crippen LogP contribution in [0.25, 0.3) is 11.1 Å². The first-order valence-corrected chi connectivity index (χ1v) is 6.99. The highest BCUT2D eigenvalue weighted by atomic mass is 35.5. The van der Waals surface area contributed by atoms with Gasteiger partial charge in [0, 0.05) is 22.3 Å². The summed E-state index contributed by atoms with van der Waals surface area (Å²) in [7, 11) is 2.98. The molecule has 0 saturated carbocycles. The number of carbonyl (C=O) groups excluding carboxylic acids is 2. The summed E-state index contributed by atoms with van der Waals surface area (Å²) >= 11 is 10.9. The molecular formula is C16H12Cl2O4. The van der Waals surface area contributed by atoms with E-state index in [9.17, 15) is 9.59 Å². The van der Waals surface area contributed by atoms with Crippen LogP contribution in [-0.4, -0.2) is 24.7 Å². The molecular weight excluding hydrogens is 327 g/mol. The van der Waals surface area contributed by atoms with Crippen molar-refractivity contribution in [1.82, 2.24) is 0 Å². The lowest BCUT2D eigenvalue weighted by Gasteiger charge is -2.13. The number of rotatable bonds is 5. The van der Waals surface area contributed by atoms with Crippen LogP contribution in [0, 0.1) is 0 Å². The van der Waals surface area contributed by atoms with Gasteiger partial charge in [-0.05, 0) is 59.6 Å². The predicted octanol–water partition coefficient (Wildman–Crippen LogP) is 4.13. The van der Waals surface area contributed by atoms with Gasteiger partial charge in [0.05, 0.1) is 14.2 Å². The van der Waals surface area contributed by atoms with Crippen LogP contribution in [0.1, 0.15) is 20.7 Å². The first-order valence-electron chi connectivity index (χ1n) is 6.24. The average molecular weight is 339 g/mol. The molecule has 0 aliphatic heterocycles. The normalized spacial score (nSPS) is 10.2. The third-order valence-electron chi connectivity index (χ3n) is 3.15. The van der Waals surface area contributed by atoms with Crippen LogP contribution in [-0.2, 0) is 0 Å². The fraction of sp³-hybridized carbons (Fsp3) is 0.125. The van der Waals surface area contributed by atoms with E-state index in [0.29, 0.717) is 33.8 Å². The SMILES string of the molecule is COc1cc(C(=O)Cl)ccc1-c1ccc(C(=O)Cl)cc1OC. The van der Waals surface area contributed by atoms with Gasteiger partial charge in [0.2, 0.25) is 0 Å². The molecule has 0 aliphatic carbocycles. The molecule has 0 aliphatic rings. The molecule has 0 aromatic heterocycles. The van der Waals surface area contributed by atoms with Crippen molar-refractivity contribution in [3.63, 3.8) is 0 Å². The van der Waals surface area contributed by atoms with E-state index in [0.717, 1.165) is 0 Å². The Morgan fingerprint density at radius 1 is 0.773 bits per heavy atom. The van der Waals surface area contributed by atoms with Crippen molar-refractivity contribution in [2.24, 2.45) is 0 Å². The predicted molar refractivity (Wildman–Crippen MR) is 85.3 cm³/mol. The zero-order valence-electron chi connectivity index (χ0n) is 11.9. The Morgan fingerprint density at radius 3 is 1.41 bits per heavy atom. The molecule has 0 heterocycles. The van der Waals surface area contributed by atoms with Crippen LogP contribution < -0.4 is 9.47 Å². The summed E-state index contributed by atoms with van der Waals surface area (Å²) in [6, 6.07) is 9.68. The van der Waals surface area contributed by atoms with Crippen LogP contribution in [0.3, 0.4) is 0 Å². The third kappa shape index (κ3) is 3.24. The Balaban J connectivity index is 2.60. The molecule has 114 valence electrons. The lowest BCUT2D eigenvalue weighted by molar-refractivity contribution is 0.107. The van der Waals surface area contributed by atoms with Crippen LogP contribution in [0.15, 0.2) is 36.4 Å². The molecule has 2 aromatic rings. The number of carbonyl (C=O) groups is 2. The molecule has 0 N–H and O–H groups in total. The smallest absolute Gasteiger partial charge is 0.252 e. The van der Waals surface area contributed by atoms with Gasteiger partial charge in [0.25, 0.3) is 10.5 Å². The van der Waals surface area contributed by atoms with E-state index in [1.165, 1.54) is 14.2 Å². The van der Waals surface area contributed by atoms with Crippen molar-refractivity contribution < 1.29 is 19.1 Å². The first-order chi connectivity index (χ1) is 10.5. The largest absolute Gasteiger partial charge is 0.496 e.